The van der Waals surface area contributed by atoms with Gasteiger partial charge in [0.1, 0.15) is 0 Å². The molecule has 4 nitrogen and oxygen atoms in total. The third-order valence-corrected chi connectivity index (χ3v) is 3.77. The molecule has 24 heavy (non-hydrogen) atoms. The van der Waals surface area contributed by atoms with Gasteiger partial charge in [0.15, 0.2) is 11.5 Å². The van der Waals surface area contributed by atoms with Gasteiger partial charge in [-0.2, -0.15) is 0 Å². The summed E-state index contributed by atoms with van der Waals surface area (Å²) in [5.41, 5.74) is 3.96. The first-order valence-corrected chi connectivity index (χ1v) is 8.39. The highest BCUT2D eigenvalue weighted by Crippen LogP contribution is 2.31. The van der Waals surface area contributed by atoms with E-state index in [-0.39, 0.29) is 0 Å². The fourth-order valence-electron chi connectivity index (χ4n) is 2.63. The molecule has 124 valence electrons. The van der Waals surface area contributed by atoms with Gasteiger partial charge >= 0.3 is 0 Å². The van der Waals surface area contributed by atoms with Gasteiger partial charge in [0.05, 0.1) is 29.9 Å². The molecule has 0 atom stereocenters. The van der Waals surface area contributed by atoms with Crippen LogP contribution in [0.2, 0.25) is 0 Å². The number of benzene rings is 2. The highest BCUT2D eigenvalue weighted by Gasteiger charge is 2.10. The van der Waals surface area contributed by atoms with E-state index in [1.807, 2.05) is 38.2 Å². The van der Waals surface area contributed by atoms with E-state index in [0.717, 1.165) is 41.1 Å². The zero-order valence-electron chi connectivity index (χ0n) is 14.2. The lowest BCUT2D eigenvalue weighted by Gasteiger charge is -2.12. The molecule has 0 N–H and O–H groups in total. The molecule has 0 spiro atoms. The van der Waals surface area contributed by atoms with E-state index in [1.54, 1.807) is 0 Å². The van der Waals surface area contributed by atoms with Crippen LogP contribution >= 0.6 is 0 Å². The summed E-state index contributed by atoms with van der Waals surface area (Å²) >= 11 is 0. The van der Waals surface area contributed by atoms with E-state index in [9.17, 15) is 0 Å². The Morgan fingerprint density at radius 2 is 1.50 bits per heavy atom. The average Bonchev–Trinajstić information content (AvgIpc) is 2.62. The molecule has 0 saturated heterocycles. The van der Waals surface area contributed by atoms with Crippen LogP contribution < -0.4 is 9.47 Å². The molecule has 4 heteroatoms. The molecule has 1 aromatic heterocycles. The van der Waals surface area contributed by atoms with Crippen LogP contribution in [0.4, 0.5) is 0 Å². The second-order valence-electron chi connectivity index (χ2n) is 5.50. The van der Waals surface area contributed by atoms with Gasteiger partial charge in [-0.25, -0.2) is 4.98 Å². The monoisotopic (exact) mass is 322 g/mol. The fraction of sp³-hybridized carbons (Fsp3) is 0.300. The molecule has 0 fully saturated rings. The Morgan fingerprint density at radius 1 is 0.833 bits per heavy atom. The SMILES string of the molecule is CCOc1cc2ncc(CCc3ccccc3)nc2cc1OCC. The Bertz CT molecular complexity index is 803. The first kappa shape index (κ1) is 16.2. The minimum Gasteiger partial charge on any atom is -0.490 e. The molecule has 0 unspecified atom stereocenters. The Labute approximate surface area is 142 Å². The molecule has 3 rings (SSSR count). The van der Waals surface area contributed by atoms with Gasteiger partial charge in [0.25, 0.3) is 0 Å². The Kier molecular flexibility index (Phi) is 5.26. The maximum Gasteiger partial charge on any atom is 0.163 e. The van der Waals surface area contributed by atoms with Gasteiger partial charge in [-0.1, -0.05) is 30.3 Å². The van der Waals surface area contributed by atoms with Gasteiger partial charge in [0, 0.05) is 18.3 Å². The molecule has 1 heterocycles. The number of hydrogen-bond acceptors (Lipinski definition) is 4. The number of rotatable bonds is 7. The van der Waals surface area contributed by atoms with Crippen molar-refractivity contribution in [2.45, 2.75) is 26.7 Å². The van der Waals surface area contributed by atoms with Gasteiger partial charge in [-0.15, -0.1) is 0 Å². The van der Waals surface area contributed by atoms with Crippen molar-refractivity contribution in [3.63, 3.8) is 0 Å². The quantitative estimate of drug-likeness (QED) is 0.653. The van der Waals surface area contributed by atoms with Gasteiger partial charge in [0.2, 0.25) is 0 Å². The smallest absolute Gasteiger partial charge is 0.163 e. The first-order valence-electron chi connectivity index (χ1n) is 8.39. The topological polar surface area (TPSA) is 44.2 Å². The zero-order valence-corrected chi connectivity index (χ0v) is 14.2. The summed E-state index contributed by atoms with van der Waals surface area (Å²) in [5, 5.41) is 0. The van der Waals surface area contributed by atoms with Crippen LogP contribution in [0.15, 0.2) is 48.7 Å². The minimum atomic E-state index is 0.590. The van der Waals surface area contributed by atoms with Crippen molar-refractivity contribution < 1.29 is 9.47 Å². The summed E-state index contributed by atoms with van der Waals surface area (Å²) in [6.45, 7) is 5.10. The summed E-state index contributed by atoms with van der Waals surface area (Å²) in [5.74, 6) is 1.44. The summed E-state index contributed by atoms with van der Waals surface area (Å²) in [7, 11) is 0. The van der Waals surface area contributed by atoms with E-state index in [4.69, 9.17) is 14.5 Å². The highest BCUT2D eigenvalue weighted by atomic mass is 16.5. The molecule has 0 aliphatic heterocycles. The first-order chi connectivity index (χ1) is 11.8. The van der Waals surface area contributed by atoms with Gasteiger partial charge in [-0.05, 0) is 32.3 Å². The summed E-state index contributed by atoms with van der Waals surface area (Å²) in [6.07, 6.45) is 3.67. The second kappa shape index (κ2) is 7.77. The maximum atomic E-state index is 5.67. The molecule has 0 saturated carbocycles. The van der Waals surface area contributed by atoms with Gasteiger partial charge in [-0.3, -0.25) is 4.98 Å². The Morgan fingerprint density at radius 3 is 2.17 bits per heavy atom. The number of fused-ring (bicyclic) bond motifs is 1. The second-order valence-corrected chi connectivity index (χ2v) is 5.50. The van der Waals surface area contributed by atoms with Crippen molar-refractivity contribution in [3.8, 4) is 11.5 Å². The molecule has 0 aliphatic carbocycles. The summed E-state index contributed by atoms with van der Waals surface area (Å²) < 4.78 is 11.3. The zero-order chi connectivity index (χ0) is 16.8. The van der Waals surface area contributed by atoms with E-state index >= 15 is 0 Å². The van der Waals surface area contributed by atoms with Crippen molar-refractivity contribution in [2.75, 3.05) is 13.2 Å². The van der Waals surface area contributed by atoms with Crippen LogP contribution in [-0.2, 0) is 12.8 Å². The molecular formula is C20H22N2O2. The molecule has 0 bridgehead atoms. The van der Waals surface area contributed by atoms with Crippen molar-refractivity contribution in [1.82, 2.24) is 9.97 Å². The molecule has 0 amide bonds. The number of aryl methyl sites for hydroxylation is 2. The molecule has 0 aliphatic rings. The Hall–Kier alpha value is -2.62. The Balaban J connectivity index is 1.85. The molecular weight excluding hydrogens is 300 g/mol. The summed E-state index contributed by atoms with van der Waals surface area (Å²) in [6, 6.07) is 14.2. The van der Waals surface area contributed by atoms with E-state index in [2.05, 4.69) is 29.2 Å². The predicted octanol–water partition coefficient (Wildman–Crippen LogP) is 4.21. The van der Waals surface area contributed by atoms with Crippen molar-refractivity contribution in [1.29, 1.82) is 0 Å². The molecule has 2 aromatic carbocycles. The van der Waals surface area contributed by atoms with Gasteiger partial charge < -0.3 is 9.47 Å². The van der Waals surface area contributed by atoms with Crippen LogP contribution in [0.25, 0.3) is 11.0 Å². The molecule has 0 radical (unpaired) electrons. The van der Waals surface area contributed by atoms with Crippen molar-refractivity contribution in [2.24, 2.45) is 0 Å². The van der Waals surface area contributed by atoms with Crippen LogP contribution in [-0.4, -0.2) is 23.2 Å². The van der Waals surface area contributed by atoms with Crippen molar-refractivity contribution >= 4 is 11.0 Å². The lowest BCUT2D eigenvalue weighted by atomic mass is 10.1. The average molecular weight is 322 g/mol. The van der Waals surface area contributed by atoms with Crippen LogP contribution in [0.3, 0.4) is 0 Å². The maximum absolute atomic E-state index is 5.67. The van der Waals surface area contributed by atoms with Crippen molar-refractivity contribution in [3.05, 3.63) is 59.9 Å². The minimum absolute atomic E-state index is 0.590. The molecule has 3 aromatic rings. The largest absolute Gasteiger partial charge is 0.490 e. The fourth-order valence-corrected chi connectivity index (χ4v) is 2.63. The third kappa shape index (κ3) is 3.82. The predicted molar refractivity (Wildman–Crippen MR) is 95.7 cm³/mol. The highest BCUT2D eigenvalue weighted by molar-refractivity contribution is 5.78. The summed E-state index contributed by atoms with van der Waals surface area (Å²) in [4.78, 5) is 9.28. The lowest BCUT2D eigenvalue weighted by Crippen LogP contribution is -2.01. The number of aromatic nitrogens is 2. The van der Waals surface area contributed by atoms with E-state index in [1.165, 1.54) is 5.56 Å². The van der Waals surface area contributed by atoms with Crippen LogP contribution in [0.5, 0.6) is 11.5 Å². The van der Waals surface area contributed by atoms with E-state index in [0.29, 0.717) is 13.2 Å². The van der Waals surface area contributed by atoms with Crippen LogP contribution in [0.1, 0.15) is 25.1 Å². The number of ether oxygens (including phenoxy) is 2. The number of hydrogen-bond donors (Lipinski definition) is 0. The number of nitrogens with zero attached hydrogens (tertiary/aromatic N) is 2. The van der Waals surface area contributed by atoms with Crippen LogP contribution in [0, 0.1) is 0 Å². The standard InChI is InChI=1S/C20H22N2O2/c1-3-23-19-12-17-18(13-20(19)24-4-2)22-16(14-21-17)11-10-15-8-6-5-7-9-15/h5-9,12-14H,3-4,10-11H2,1-2H3. The lowest BCUT2D eigenvalue weighted by molar-refractivity contribution is 0.288. The normalized spacial score (nSPS) is 10.8. The van der Waals surface area contributed by atoms with E-state index < -0.39 is 0 Å². The third-order valence-electron chi connectivity index (χ3n) is 3.77.